The summed E-state index contributed by atoms with van der Waals surface area (Å²) in [6.45, 7) is 1.88. The molecule has 16 heavy (non-hydrogen) atoms. The highest BCUT2D eigenvalue weighted by Gasteiger charge is 2.06. The van der Waals surface area contributed by atoms with E-state index in [-0.39, 0.29) is 18.9 Å². The molecule has 94 valence electrons. The Morgan fingerprint density at radius 3 is 2.69 bits per heavy atom. The number of amides is 1. The van der Waals surface area contributed by atoms with E-state index in [0.717, 1.165) is 0 Å². The lowest BCUT2D eigenvalue weighted by Crippen LogP contribution is -2.37. The molecule has 0 aromatic heterocycles. The van der Waals surface area contributed by atoms with Crippen LogP contribution in [0.5, 0.6) is 0 Å². The fourth-order valence-corrected chi connectivity index (χ4v) is 1.17. The topological polar surface area (TPSA) is 78.9 Å². The molecule has 1 amide bonds. The monoisotopic (exact) mass is 232 g/mol. The number of carbonyl (C=O) groups is 2. The first-order chi connectivity index (χ1) is 7.56. The minimum Gasteiger partial charge on any atom is -0.481 e. The minimum atomic E-state index is -0.807. The Morgan fingerprint density at radius 1 is 1.44 bits per heavy atom. The fraction of sp³-hybridized carbons (Fsp3) is 0.800. The van der Waals surface area contributed by atoms with Crippen LogP contribution in [0.15, 0.2) is 0 Å². The first-order valence-corrected chi connectivity index (χ1v) is 5.22. The maximum Gasteiger partial charge on any atom is 0.303 e. The molecule has 0 spiro atoms. The molecule has 0 bridgehead atoms. The minimum absolute atomic E-state index is 0.0742. The van der Waals surface area contributed by atoms with Crippen LogP contribution in [-0.2, 0) is 14.3 Å². The van der Waals surface area contributed by atoms with Crippen molar-refractivity contribution >= 4 is 11.9 Å². The highest BCUT2D eigenvalue weighted by Crippen LogP contribution is 1.92. The molecule has 0 aromatic carbocycles. The zero-order valence-electron chi connectivity index (χ0n) is 9.86. The Morgan fingerprint density at radius 2 is 2.12 bits per heavy atom. The molecule has 0 atom stereocenters. The van der Waals surface area contributed by atoms with Crippen LogP contribution >= 0.6 is 0 Å². The molecule has 0 radical (unpaired) electrons. The van der Waals surface area contributed by atoms with Crippen molar-refractivity contribution in [2.45, 2.75) is 12.8 Å². The summed E-state index contributed by atoms with van der Waals surface area (Å²) in [5, 5.41) is 11.1. The molecular weight excluding hydrogens is 212 g/mol. The predicted octanol–water partition coefficient (Wildman–Crippen LogP) is -0.454. The van der Waals surface area contributed by atoms with Gasteiger partial charge in [-0.2, -0.15) is 0 Å². The second kappa shape index (κ2) is 9.11. The van der Waals surface area contributed by atoms with Crippen molar-refractivity contribution < 1.29 is 19.4 Å². The number of carboxylic acids is 1. The molecule has 0 unspecified atom stereocenters. The van der Waals surface area contributed by atoms with E-state index in [2.05, 4.69) is 5.32 Å². The van der Waals surface area contributed by atoms with E-state index in [1.807, 2.05) is 0 Å². The van der Waals surface area contributed by atoms with Gasteiger partial charge in [0, 0.05) is 20.1 Å². The third kappa shape index (κ3) is 9.42. The van der Waals surface area contributed by atoms with E-state index < -0.39 is 5.97 Å². The van der Waals surface area contributed by atoms with Gasteiger partial charge in [-0.25, -0.2) is 0 Å². The standard InChI is InChI=1S/C10H20N2O4/c1-12(6-3-4-10(14)15)8-9(13)11-5-7-16-2/h3-8H2,1-2H3,(H,11,13)(H,14,15). The van der Waals surface area contributed by atoms with Crippen molar-refractivity contribution in [2.24, 2.45) is 0 Å². The molecular formula is C10H20N2O4. The number of carbonyl (C=O) groups excluding carboxylic acids is 1. The number of aliphatic carboxylic acids is 1. The second-order valence-electron chi connectivity index (χ2n) is 3.58. The largest absolute Gasteiger partial charge is 0.481 e. The van der Waals surface area contributed by atoms with Crippen molar-refractivity contribution in [2.75, 3.05) is 40.4 Å². The smallest absolute Gasteiger partial charge is 0.303 e. The van der Waals surface area contributed by atoms with Crippen LogP contribution in [0.4, 0.5) is 0 Å². The molecule has 6 nitrogen and oxygen atoms in total. The zero-order valence-corrected chi connectivity index (χ0v) is 9.86. The molecule has 0 heterocycles. The van der Waals surface area contributed by atoms with Crippen molar-refractivity contribution in [3.8, 4) is 0 Å². The summed E-state index contributed by atoms with van der Waals surface area (Å²) in [7, 11) is 3.36. The first-order valence-electron chi connectivity index (χ1n) is 5.22. The number of hydrogen-bond donors (Lipinski definition) is 2. The predicted molar refractivity (Wildman–Crippen MR) is 59.3 cm³/mol. The third-order valence-electron chi connectivity index (χ3n) is 1.97. The highest BCUT2D eigenvalue weighted by atomic mass is 16.5. The van der Waals surface area contributed by atoms with Crippen LogP contribution < -0.4 is 5.32 Å². The van der Waals surface area contributed by atoms with E-state index >= 15 is 0 Å². The summed E-state index contributed by atoms with van der Waals surface area (Å²) in [4.78, 5) is 23.4. The highest BCUT2D eigenvalue weighted by molar-refractivity contribution is 5.77. The van der Waals surface area contributed by atoms with Gasteiger partial charge in [0.1, 0.15) is 0 Å². The Balaban J connectivity index is 3.50. The molecule has 0 rings (SSSR count). The summed E-state index contributed by atoms with van der Waals surface area (Å²) in [6, 6.07) is 0. The Hall–Kier alpha value is -1.14. The van der Waals surface area contributed by atoms with Crippen LogP contribution in [-0.4, -0.2) is 62.3 Å². The van der Waals surface area contributed by atoms with E-state index in [0.29, 0.717) is 26.1 Å². The molecule has 0 saturated heterocycles. The number of nitrogens with zero attached hydrogens (tertiary/aromatic N) is 1. The Kier molecular flexibility index (Phi) is 8.46. The van der Waals surface area contributed by atoms with E-state index in [4.69, 9.17) is 9.84 Å². The van der Waals surface area contributed by atoms with Gasteiger partial charge in [-0.05, 0) is 20.0 Å². The zero-order chi connectivity index (χ0) is 12.4. The van der Waals surface area contributed by atoms with Gasteiger partial charge in [0.25, 0.3) is 0 Å². The lowest BCUT2D eigenvalue weighted by Gasteiger charge is -2.15. The maximum atomic E-state index is 11.3. The molecule has 0 aromatic rings. The van der Waals surface area contributed by atoms with Gasteiger partial charge in [0.05, 0.1) is 13.2 Å². The van der Waals surface area contributed by atoms with Crippen LogP contribution in [0.3, 0.4) is 0 Å². The molecule has 0 saturated carbocycles. The molecule has 6 heteroatoms. The molecule has 0 fully saturated rings. The number of ether oxygens (including phenoxy) is 1. The number of carboxylic acid groups (broad SMARTS) is 1. The van der Waals surface area contributed by atoms with Crippen LogP contribution in [0.25, 0.3) is 0 Å². The summed E-state index contributed by atoms with van der Waals surface area (Å²) >= 11 is 0. The molecule has 0 aliphatic rings. The Labute approximate surface area is 95.6 Å². The van der Waals surface area contributed by atoms with Crippen LogP contribution in [0.1, 0.15) is 12.8 Å². The van der Waals surface area contributed by atoms with Gasteiger partial charge in [-0.15, -0.1) is 0 Å². The average molecular weight is 232 g/mol. The summed E-state index contributed by atoms with van der Waals surface area (Å²) in [6.07, 6.45) is 0.687. The average Bonchev–Trinajstić information content (AvgIpc) is 2.17. The van der Waals surface area contributed by atoms with Crippen LogP contribution in [0, 0.1) is 0 Å². The quantitative estimate of drug-likeness (QED) is 0.526. The van der Waals surface area contributed by atoms with Gasteiger partial charge in [0.15, 0.2) is 0 Å². The number of nitrogens with one attached hydrogen (secondary N) is 1. The Bertz CT molecular complexity index is 221. The van der Waals surface area contributed by atoms with Gasteiger partial charge in [0.2, 0.25) is 5.91 Å². The number of likely N-dealkylation sites (N-methyl/N-ethyl adjacent to an activating group) is 1. The van der Waals surface area contributed by atoms with Crippen molar-refractivity contribution in [1.82, 2.24) is 10.2 Å². The van der Waals surface area contributed by atoms with Crippen molar-refractivity contribution in [3.05, 3.63) is 0 Å². The first kappa shape index (κ1) is 14.9. The normalized spacial score (nSPS) is 10.4. The van der Waals surface area contributed by atoms with Crippen molar-refractivity contribution in [3.63, 3.8) is 0 Å². The van der Waals surface area contributed by atoms with Gasteiger partial charge < -0.3 is 15.2 Å². The summed E-state index contributed by atoms with van der Waals surface area (Å²) < 4.78 is 4.79. The third-order valence-corrected chi connectivity index (χ3v) is 1.97. The number of methoxy groups -OCH3 is 1. The maximum absolute atomic E-state index is 11.3. The summed E-state index contributed by atoms with van der Waals surface area (Å²) in [5.41, 5.74) is 0. The molecule has 2 N–H and O–H groups in total. The van der Waals surface area contributed by atoms with Gasteiger partial charge >= 0.3 is 5.97 Å². The van der Waals surface area contributed by atoms with E-state index in [9.17, 15) is 9.59 Å². The summed E-state index contributed by atoms with van der Waals surface area (Å²) in [5.74, 6) is -0.882. The van der Waals surface area contributed by atoms with Crippen molar-refractivity contribution in [1.29, 1.82) is 0 Å². The molecule has 0 aliphatic heterocycles. The SMILES string of the molecule is COCCNC(=O)CN(C)CCCC(=O)O. The van der Waals surface area contributed by atoms with Gasteiger partial charge in [-0.1, -0.05) is 0 Å². The van der Waals surface area contributed by atoms with E-state index in [1.54, 1.807) is 19.1 Å². The second-order valence-corrected chi connectivity index (χ2v) is 3.58. The van der Waals surface area contributed by atoms with Gasteiger partial charge in [-0.3, -0.25) is 14.5 Å². The molecule has 0 aliphatic carbocycles. The lowest BCUT2D eigenvalue weighted by molar-refractivity contribution is -0.137. The number of rotatable bonds is 9. The fourth-order valence-electron chi connectivity index (χ4n) is 1.17. The number of hydrogen-bond acceptors (Lipinski definition) is 4. The lowest BCUT2D eigenvalue weighted by atomic mass is 10.3. The van der Waals surface area contributed by atoms with Crippen LogP contribution in [0.2, 0.25) is 0 Å². The van der Waals surface area contributed by atoms with E-state index in [1.165, 1.54) is 0 Å².